The van der Waals surface area contributed by atoms with Crippen molar-refractivity contribution in [2.24, 2.45) is 5.73 Å². The molecular formula is C13H21NO2. The van der Waals surface area contributed by atoms with Crippen LogP contribution in [0.3, 0.4) is 0 Å². The summed E-state index contributed by atoms with van der Waals surface area (Å²) in [7, 11) is 1.72. The molecule has 0 fully saturated rings. The van der Waals surface area contributed by atoms with E-state index in [1.165, 1.54) is 11.1 Å². The average Bonchev–Trinajstić information content (AvgIpc) is 2.34. The Kier molecular flexibility index (Phi) is 5.90. The molecule has 0 heterocycles. The molecule has 0 aliphatic rings. The van der Waals surface area contributed by atoms with E-state index in [0.29, 0.717) is 13.2 Å². The first-order valence-corrected chi connectivity index (χ1v) is 5.75. The summed E-state index contributed by atoms with van der Waals surface area (Å²) in [5.41, 5.74) is 7.95. The second kappa shape index (κ2) is 7.25. The highest BCUT2D eigenvalue weighted by molar-refractivity contribution is 5.37. The van der Waals surface area contributed by atoms with Crippen LogP contribution in [0.2, 0.25) is 0 Å². The Morgan fingerprint density at radius 1 is 1.25 bits per heavy atom. The normalized spacial score (nSPS) is 10.4. The standard InChI is InChI=1S/C13H21NO2/c1-3-12-10-11(6-8-15-2)4-5-13(12)16-9-7-14/h4-5,10H,3,6-9,14H2,1-2H3. The summed E-state index contributed by atoms with van der Waals surface area (Å²) in [6, 6.07) is 6.30. The lowest BCUT2D eigenvalue weighted by molar-refractivity contribution is 0.202. The largest absolute Gasteiger partial charge is 0.492 e. The first-order chi connectivity index (χ1) is 7.81. The highest BCUT2D eigenvalue weighted by Crippen LogP contribution is 2.21. The third-order valence-electron chi connectivity index (χ3n) is 2.48. The summed E-state index contributed by atoms with van der Waals surface area (Å²) < 4.78 is 10.6. The van der Waals surface area contributed by atoms with Crippen molar-refractivity contribution in [1.82, 2.24) is 0 Å². The number of hydrogen-bond acceptors (Lipinski definition) is 3. The molecule has 0 spiro atoms. The average molecular weight is 223 g/mol. The molecule has 0 aromatic heterocycles. The van der Waals surface area contributed by atoms with Crippen LogP contribution >= 0.6 is 0 Å². The van der Waals surface area contributed by atoms with Gasteiger partial charge in [0.1, 0.15) is 12.4 Å². The molecule has 90 valence electrons. The Balaban J connectivity index is 2.71. The number of methoxy groups -OCH3 is 1. The number of rotatable bonds is 7. The van der Waals surface area contributed by atoms with Gasteiger partial charge in [-0.15, -0.1) is 0 Å². The lowest BCUT2D eigenvalue weighted by Crippen LogP contribution is -2.11. The van der Waals surface area contributed by atoms with E-state index in [4.69, 9.17) is 15.2 Å². The fourth-order valence-electron chi connectivity index (χ4n) is 1.59. The summed E-state index contributed by atoms with van der Waals surface area (Å²) in [5, 5.41) is 0. The summed E-state index contributed by atoms with van der Waals surface area (Å²) >= 11 is 0. The van der Waals surface area contributed by atoms with Crippen LogP contribution in [0, 0.1) is 0 Å². The number of hydrogen-bond donors (Lipinski definition) is 1. The zero-order valence-electron chi connectivity index (χ0n) is 10.2. The van der Waals surface area contributed by atoms with Gasteiger partial charge in [-0.1, -0.05) is 19.1 Å². The van der Waals surface area contributed by atoms with E-state index in [1.807, 2.05) is 6.07 Å². The molecule has 0 saturated heterocycles. The van der Waals surface area contributed by atoms with E-state index in [0.717, 1.165) is 25.2 Å². The van der Waals surface area contributed by atoms with Crippen molar-refractivity contribution in [1.29, 1.82) is 0 Å². The van der Waals surface area contributed by atoms with Gasteiger partial charge >= 0.3 is 0 Å². The van der Waals surface area contributed by atoms with Gasteiger partial charge < -0.3 is 15.2 Å². The van der Waals surface area contributed by atoms with E-state index >= 15 is 0 Å². The summed E-state index contributed by atoms with van der Waals surface area (Å²) in [6.45, 7) is 4.01. The molecule has 0 amide bonds. The quantitative estimate of drug-likeness (QED) is 0.766. The van der Waals surface area contributed by atoms with Gasteiger partial charge in [-0.3, -0.25) is 0 Å². The molecule has 16 heavy (non-hydrogen) atoms. The van der Waals surface area contributed by atoms with Crippen molar-refractivity contribution in [3.8, 4) is 5.75 Å². The maximum Gasteiger partial charge on any atom is 0.122 e. The molecule has 1 aromatic carbocycles. The van der Waals surface area contributed by atoms with E-state index < -0.39 is 0 Å². The molecule has 1 rings (SSSR count). The second-order valence-electron chi connectivity index (χ2n) is 3.68. The molecule has 0 aliphatic heterocycles. The van der Waals surface area contributed by atoms with Gasteiger partial charge in [0.05, 0.1) is 6.61 Å². The monoisotopic (exact) mass is 223 g/mol. The predicted octanol–water partition coefficient (Wildman–Crippen LogP) is 1.78. The van der Waals surface area contributed by atoms with Crippen molar-refractivity contribution in [3.63, 3.8) is 0 Å². The topological polar surface area (TPSA) is 44.5 Å². The van der Waals surface area contributed by atoms with Crippen LogP contribution in [-0.2, 0) is 17.6 Å². The van der Waals surface area contributed by atoms with Crippen LogP contribution in [0.15, 0.2) is 18.2 Å². The zero-order valence-corrected chi connectivity index (χ0v) is 10.2. The van der Waals surface area contributed by atoms with Gasteiger partial charge in [0, 0.05) is 13.7 Å². The Hall–Kier alpha value is -1.06. The van der Waals surface area contributed by atoms with Crippen molar-refractivity contribution in [2.75, 3.05) is 26.9 Å². The highest BCUT2D eigenvalue weighted by atomic mass is 16.5. The van der Waals surface area contributed by atoms with Crippen molar-refractivity contribution in [2.45, 2.75) is 19.8 Å². The first-order valence-electron chi connectivity index (χ1n) is 5.75. The Labute approximate surface area is 97.6 Å². The van der Waals surface area contributed by atoms with Crippen molar-refractivity contribution in [3.05, 3.63) is 29.3 Å². The van der Waals surface area contributed by atoms with Crippen LogP contribution in [-0.4, -0.2) is 26.9 Å². The first kappa shape index (κ1) is 13.0. The molecule has 0 saturated carbocycles. The smallest absolute Gasteiger partial charge is 0.122 e. The molecule has 3 nitrogen and oxygen atoms in total. The summed E-state index contributed by atoms with van der Waals surface area (Å²) in [5.74, 6) is 0.953. The molecule has 0 atom stereocenters. The lowest BCUT2D eigenvalue weighted by Gasteiger charge is -2.11. The van der Waals surface area contributed by atoms with Gasteiger partial charge in [0.25, 0.3) is 0 Å². The van der Waals surface area contributed by atoms with E-state index in [-0.39, 0.29) is 0 Å². The summed E-state index contributed by atoms with van der Waals surface area (Å²) in [4.78, 5) is 0. The minimum Gasteiger partial charge on any atom is -0.492 e. The molecule has 0 unspecified atom stereocenters. The van der Waals surface area contributed by atoms with E-state index in [2.05, 4.69) is 19.1 Å². The number of nitrogens with two attached hydrogens (primary N) is 1. The molecule has 2 N–H and O–H groups in total. The molecular weight excluding hydrogens is 202 g/mol. The SMILES string of the molecule is CCc1cc(CCOC)ccc1OCCN. The van der Waals surface area contributed by atoms with E-state index in [9.17, 15) is 0 Å². The minimum atomic E-state index is 0.550. The highest BCUT2D eigenvalue weighted by Gasteiger charge is 2.03. The molecule has 0 aliphatic carbocycles. The lowest BCUT2D eigenvalue weighted by atomic mass is 10.1. The van der Waals surface area contributed by atoms with Gasteiger partial charge in [0.2, 0.25) is 0 Å². The third kappa shape index (κ3) is 3.83. The molecule has 1 aromatic rings. The maximum absolute atomic E-state index is 5.58. The van der Waals surface area contributed by atoms with Crippen molar-refractivity contribution >= 4 is 0 Å². The summed E-state index contributed by atoms with van der Waals surface area (Å²) in [6.07, 6.45) is 1.92. The van der Waals surface area contributed by atoms with Crippen LogP contribution in [0.25, 0.3) is 0 Å². The minimum absolute atomic E-state index is 0.550. The fourth-order valence-corrected chi connectivity index (χ4v) is 1.59. The predicted molar refractivity (Wildman–Crippen MR) is 65.9 cm³/mol. The number of aryl methyl sites for hydroxylation is 1. The van der Waals surface area contributed by atoms with Gasteiger partial charge in [-0.05, 0) is 30.0 Å². The second-order valence-corrected chi connectivity index (χ2v) is 3.68. The van der Waals surface area contributed by atoms with Gasteiger partial charge in [0.15, 0.2) is 0 Å². The number of ether oxygens (including phenoxy) is 2. The van der Waals surface area contributed by atoms with Gasteiger partial charge in [-0.2, -0.15) is 0 Å². The zero-order chi connectivity index (χ0) is 11.8. The molecule has 3 heteroatoms. The maximum atomic E-state index is 5.58. The van der Waals surface area contributed by atoms with E-state index in [1.54, 1.807) is 7.11 Å². The Morgan fingerprint density at radius 2 is 2.06 bits per heavy atom. The van der Waals surface area contributed by atoms with Crippen molar-refractivity contribution < 1.29 is 9.47 Å². The van der Waals surface area contributed by atoms with Crippen LogP contribution in [0.4, 0.5) is 0 Å². The van der Waals surface area contributed by atoms with Crippen LogP contribution in [0.5, 0.6) is 5.75 Å². The van der Waals surface area contributed by atoms with Gasteiger partial charge in [-0.25, -0.2) is 0 Å². The van der Waals surface area contributed by atoms with Crippen LogP contribution < -0.4 is 10.5 Å². The third-order valence-corrected chi connectivity index (χ3v) is 2.48. The van der Waals surface area contributed by atoms with Crippen LogP contribution in [0.1, 0.15) is 18.1 Å². The fraction of sp³-hybridized carbons (Fsp3) is 0.538. The molecule has 0 bridgehead atoms. The Bertz CT molecular complexity index is 313. The number of benzene rings is 1. The Morgan fingerprint density at radius 3 is 2.69 bits per heavy atom. The molecule has 0 radical (unpaired) electrons.